The van der Waals surface area contributed by atoms with E-state index in [2.05, 4.69) is 54.3 Å². The predicted octanol–water partition coefficient (Wildman–Crippen LogP) is 3.23. The number of para-hydroxylation sites is 1. The standard InChI is InChI=1S/C14H18N2S/c1-2-16(12-6-4-3-5-7-12)11-14-9-8-13(10-15)17-14/h3-9H,2,10-11,15H2,1H3. The van der Waals surface area contributed by atoms with Gasteiger partial charge in [0.2, 0.25) is 0 Å². The van der Waals surface area contributed by atoms with E-state index in [0.717, 1.165) is 13.1 Å². The number of benzene rings is 1. The van der Waals surface area contributed by atoms with Gasteiger partial charge >= 0.3 is 0 Å². The van der Waals surface area contributed by atoms with Crippen molar-refractivity contribution in [3.05, 3.63) is 52.2 Å². The van der Waals surface area contributed by atoms with Crippen LogP contribution in [0.5, 0.6) is 0 Å². The third-order valence-electron chi connectivity index (χ3n) is 2.77. The molecule has 0 bridgehead atoms. The van der Waals surface area contributed by atoms with Crippen molar-refractivity contribution >= 4 is 17.0 Å². The molecule has 0 saturated heterocycles. The second-order valence-corrected chi connectivity index (χ2v) is 5.17. The SMILES string of the molecule is CCN(Cc1ccc(CN)s1)c1ccccc1. The molecule has 90 valence electrons. The maximum absolute atomic E-state index is 5.63. The second kappa shape index (κ2) is 5.84. The largest absolute Gasteiger partial charge is 0.367 e. The highest BCUT2D eigenvalue weighted by atomic mass is 32.1. The van der Waals surface area contributed by atoms with Gasteiger partial charge in [0.05, 0.1) is 6.54 Å². The summed E-state index contributed by atoms with van der Waals surface area (Å²) in [5, 5.41) is 0. The molecule has 0 spiro atoms. The lowest BCUT2D eigenvalue weighted by molar-refractivity contribution is 0.842. The van der Waals surface area contributed by atoms with E-state index in [1.807, 2.05) is 0 Å². The van der Waals surface area contributed by atoms with Gasteiger partial charge in [-0.15, -0.1) is 11.3 Å². The Bertz CT molecular complexity index is 450. The maximum Gasteiger partial charge on any atom is 0.0522 e. The molecule has 2 rings (SSSR count). The zero-order valence-corrected chi connectivity index (χ0v) is 10.9. The van der Waals surface area contributed by atoms with Gasteiger partial charge in [-0.25, -0.2) is 0 Å². The van der Waals surface area contributed by atoms with E-state index in [1.54, 1.807) is 11.3 Å². The molecule has 0 radical (unpaired) electrons. The summed E-state index contributed by atoms with van der Waals surface area (Å²) in [5.74, 6) is 0. The maximum atomic E-state index is 5.63. The van der Waals surface area contributed by atoms with E-state index >= 15 is 0 Å². The Labute approximate surface area is 107 Å². The number of hydrogen-bond acceptors (Lipinski definition) is 3. The van der Waals surface area contributed by atoms with Crippen molar-refractivity contribution in [1.82, 2.24) is 0 Å². The Morgan fingerprint density at radius 1 is 1.06 bits per heavy atom. The van der Waals surface area contributed by atoms with Gasteiger partial charge in [-0.2, -0.15) is 0 Å². The lowest BCUT2D eigenvalue weighted by Crippen LogP contribution is -2.21. The van der Waals surface area contributed by atoms with E-state index in [4.69, 9.17) is 5.73 Å². The van der Waals surface area contributed by atoms with Gasteiger partial charge in [0.25, 0.3) is 0 Å². The van der Waals surface area contributed by atoms with Crippen LogP contribution in [0.25, 0.3) is 0 Å². The van der Waals surface area contributed by atoms with Crippen molar-refractivity contribution in [3.63, 3.8) is 0 Å². The topological polar surface area (TPSA) is 29.3 Å². The summed E-state index contributed by atoms with van der Waals surface area (Å²) in [7, 11) is 0. The number of nitrogens with zero attached hydrogens (tertiary/aromatic N) is 1. The van der Waals surface area contributed by atoms with Crippen LogP contribution in [-0.2, 0) is 13.1 Å². The molecule has 0 fully saturated rings. The first-order valence-electron chi connectivity index (χ1n) is 5.91. The monoisotopic (exact) mass is 246 g/mol. The van der Waals surface area contributed by atoms with Crippen molar-refractivity contribution < 1.29 is 0 Å². The minimum absolute atomic E-state index is 0.641. The normalized spacial score (nSPS) is 10.5. The molecule has 3 heteroatoms. The zero-order chi connectivity index (χ0) is 12.1. The lowest BCUT2D eigenvalue weighted by atomic mass is 10.3. The minimum Gasteiger partial charge on any atom is -0.367 e. The molecule has 0 atom stereocenters. The molecule has 1 aromatic carbocycles. The molecular weight excluding hydrogens is 228 g/mol. The molecule has 0 aliphatic carbocycles. The van der Waals surface area contributed by atoms with Crippen LogP contribution < -0.4 is 10.6 Å². The number of nitrogens with two attached hydrogens (primary N) is 1. The predicted molar refractivity (Wildman–Crippen MR) is 75.4 cm³/mol. The summed E-state index contributed by atoms with van der Waals surface area (Å²) >= 11 is 1.80. The highest BCUT2D eigenvalue weighted by Crippen LogP contribution is 2.21. The third-order valence-corrected chi connectivity index (χ3v) is 3.86. The third kappa shape index (κ3) is 3.08. The first-order chi connectivity index (χ1) is 8.33. The van der Waals surface area contributed by atoms with Crippen LogP contribution in [0.4, 0.5) is 5.69 Å². The summed E-state index contributed by atoms with van der Waals surface area (Å²) in [6.07, 6.45) is 0. The Kier molecular flexibility index (Phi) is 4.18. The molecule has 1 aromatic heterocycles. The zero-order valence-electron chi connectivity index (χ0n) is 10.1. The van der Waals surface area contributed by atoms with E-state index in [-0.39, 0.29) is 0 Å². The molecule has 2 nitrogen and oxygen atoms in total. The minimum atomic E-state index is 0.641. The first kappa shape index (κ1) is 12.1. The average Bonchev–Trinajstić information content (AvgIpc) is 2.84. The van der Waals surface area contributed by atoms with Crippen molar-refractivity contribution in [1.29, 1.82) is 0 Å². The molecule has 2 aromatic rings. The fourth-order valence-corrected chi connectivity index (χ4v) is 2.74. The molecule has 0 amide bonds. The molecule has 0 saturated carbocycles. The number of hydrogen-bond donors (Lipinski definition) is 1. The van der Waals surface area contributed by atoms with Crippen molar-refractivity contribution in [3.8, 4) is 0 Å². The number of rotatable bonds is 5. The molecule has 0 aliphatic heterocycles. The summed E-state index contributed by atoms with van der Waals surface area (Å²) in [5.41, 5.74) is 6.91. The molecule has 17 heavy (non-hydrogen) atoms. The number of anilines is 1. The van der Waals surface area contributed by atoms with Crippen LogP contribution in [-0.4, -0.2) is 6.54 Å². The van der Waals surface area contributed by atoms with Gasteiger partial charge in [0.1, 0.15) is 0 Å². The molecular formula is C14H18N2S. The number of thiophene rings is 1. The average molecular weight is 246 g/mol. The molecule has 2 N–H and O–H groups in total. The Morgan fingerprint density at radius 3 is 2.35 bits per heavy atom. The molecule has 1 heterocycles. The van der Waals surface area contributed by atoms with Crippen LogP contribution >= 0.6 is 11.3 Å². The van der Waals surface area contributed by atoms with Gasteiger partial charge in [-0.3, -0.25) is 0 Å². The molecule has 0 aliphatic rings. The van der Waals surface area contributed by atoms with Crippen molar-refractivity contribution in [2.24, 2.45) is 5.73 Å². The van der Waals surface area contributed by atoms with Crippen LogP contribution in [0.2, 0.25) is 0 Å². The van der Waals surface area contributed by atoms with Crippen molar-refractivity contribution in [2.75, 3.05) is 11.4 Å². The van der Waals surface area contributed by atoms with E-state index in [9.17, 15) is 0 Å². The van der Waals surface area contributed by atoms with Gasteiger partial charge < -0.3 is 10.6 Å². The van der Waals surface area contributed by atoms with Gasteiger partial charge in [-0.05, 0) is 31.2 Å². The molecule has 0 unspecified atom stereocenters. The van der Waals surface area contributed by atoms with E-state index in [1.165, 1.54) is 15.4 Å². The van der Waals surface area contributed by atoms with Gasteiger partial charge in [0.15, 0.2) is 0 Å². The quantitative estimate of drug-likeness (QED) is 0.877. The Balaban J connectivity index is 2.10. The van der Waals surface area contributed by atoms with Crippen LogP contribution in [0, 0.1) is 0 Å². The fraction of sp³-hybridized carbons (Fsp3) is 0.286. The smallest absolute Gasteiger partial charge is 0.0522 e. The fourth-order valence-electron chi connectivity index (χ4n) is 1.83. The van der Waals surface area contributed by atoms with Crippen LogP contribution in [0.3, 0.4) is 0 Å². The highest BCUT2D eigenvalue weighted by Gasteiger charge is 2.06. The van der Waals surface area contributed by atoms with Crippen molar-refractivity contribution in [2.45, 2.75) is 20.0 Å². The lowest BCUT2D eigenvalue weighted by Gasteiger charge is -2.22. The summed E-state index contributed by atoms with van der Waals surface area (Å²) in [4.78, 5) is 4.99. The Morgan fingerprint density at radius 2 is 1.76 bits per heavy atom. The van der Waals surface area contributed by atoms with Gasteiger partial charge in [-0.1, -0.05) is 18.2 Å². The van der Waals surface area contributed by atoms with Gasteiger partial charge in [0, 0.05) is 28.5 Å². The van der Waals surface area contributed by atoms with E-state index < -0.39 is 0 Å². The first-order valence-corrected chi connectivity index (χ1v) is 6.72. The van der Waals surface area contributed by atoms with E-state index in [0.29, 0.717) is 6.54 Å². The summed E-state index contributed by atoms with van der Waals surface area (Å²) in [6.45, 7) is 4.80. The van der Waals surface area contributed by atoms with Crippen LogP contribution in [0.15, 0.2) is 42.5 Å². The highest BCUT2D eigenvalue weighted by molar-refractivity contribution is 7.12. The van der Waals surface area contributed by atoms with Crippen LogP contribution in [0.1, 0.15) is 16.7 Å². The second-order valence-electron chi connectivity index (χ2n) is 3.92. The Hall–Kier alpha value is -1.32. The summed E-state index contributed by atoms with van der Waals surface area (Å²) < 4.78 is 0. The summed E-state index contributed by atoms with van der Waals surface area (Å²) in [6, 6.07) is 14.8.